The topological polar surface area (TPSA) is 81.4 Å². The normalized spacial score (nSPS) is 11.3. The highest BCUT2D eigenvalue weighted by Gasteiger charge is 2.01. The molecular formula is C9H14N2O3S. The van der Waals surface area contributed by atoms with Crippen LogP contribution in [-0.2, 0) is 21.6 Å². The molecule has 0 saturated heterocycles. The van der Waals surface area contributed by atoms with Crippen molar-refractivity contribution in [1.29, 1.82) is 0 Å². The Labute approximate surface area is 89.4 Å². The van der Waals surface area contributed by atoms with Gasteiger partial charge in [0.25, 0.3) is 10.2 Å². The number of nitrogens with one attached hydrogen (secondary N) is 1. The van der Waals surface area contributed by atoms with Gasteiger partial charge in [0, 0.05) is 12.3 Å². The molecule has 84 valence electrons. The molecule has 0 spiro atoms. The number of ether oxygens (including phenoxy) is 1. The van der Waals surface area contributed by atoms with Crippen molar-refractivity contribution < 1.29 is 13.2 Å². The fraction of sp³-hybridized carbons (Fsp3) is 0.333. The average molecular weight is 230 g/mol. The minimum absolute atomic E-state index is 0.442. The summed E-state index contributed by atoms with van der Waals surface area (Å²) in [6.45, 7) is 3.08. The lowest BCUT2D eigenvalue weighted by Crippen LogP contribution is -2.21. The van der Waals surface area contributed by atoms with Gasteiger partial charge in [-0.1, -0.05) is 12.1 Å². The lowest BCUT2D eigenvalue weighted by Gasteiger charge is -2.05. The summed E-state index contributed by atoms with van der Waals surface area (Å²) in [5, 5.41) is 4.82. The van der Waals surface area contributed by atoms with E-state index in [4.69, 9.17) is 9.88 Å². The summed E-state index contributed by atoms with van der Waals surface area (Å²) < 4.78 is 28.8. The minimum atomic E-state index is -3.69. The van der Waals surface area contributed by atoms with Crippen LogP contribution in [0.2, 0.25) is 0 Å². The molecule has 1 aromatic rings. The largest absolute Gasteiger partial charge is 0.377 e. The lowest BCUT2D eigenvalue weighted by molar-refractivity contribution is 0.134. The van der Waals surface area contributed by atoms with Crippen LogP contribution in [-0.4, -0.2) is 15.0 Å². The van der Waals surface area contributed by atoms with Crippen molar-refractivity contribution in [2.24, 2.45) is 5.14 Å². The fourth-order valence-corrected chi connectivity index (χ4v) is 1.52. The van der Waals surface area contributed by atoms with E-state index in [1.165, 1.54) is 0 Å². The first-order chi connectivity index (χ1) is 7.01. The molecule has 0 unspecified atom stereocenters. The second-order valence-corrected chi connectivity index (χ2v) is 4.28. The van der Waals surface area contributed by atoms with Crippen molar-refractivity contribution in [2.75, 3.05) is 11.3 Å². The van der Waals surface area contributed by atoms with Gasteiger partial charge in [-0.15, -0.1) is 0 Å². The van der Waals surface area contributed by atoms with Crippen molar-refractivity contribution in [3.63, 3.8) is 0 Å². The molecule has 0 aliphatic rings. The van der Waals surface area contributed by atoms with Crippen LogP contribution in [0, 0.1) is 0 Å². The fourth-order valence-electron chi connectivity index (χ4n) is 1.05. The van der Waals surface area contributed by atoms with E-state index in [-0.39, 0.29) is 0 Å². The molecule has 0 fully saturated rings. The van der Waals surface area contributed by atoms with Gasteiger partial charge in [-0.2, -0.15) is 8.42 Å². The minimum Gasteiger partial charge on any atom is -0.377 e. The van der Waals surface area contributed by atoms with E-state index in [1.807, 2.05) is 6.92 Å². The van der Waals surface area contributed by atoms with E-state index in [0.29, 0.717) is 18.9 Å². The van der Waals surface area contributed by atoms with Gasteiger partial charge in [0.05, 0.1) is 6.61 Å². The Morgan fingerprint density at radius 1 is 1.33 bits per heavy atom. The second-order valence-electron chi connectivity index (χ2n) is 2.98. The van der Waals surface area contributed by atoms with Gasteiger partial charge in [0.15, 0.2) is 0 Å². The van der Waals surface area contributed by atoms with Crippen molar-refractivity contribution in [1.82, 2.24) is 0 Å². The number of hydrogen-bond donors (Lipinski definition) is 2. The third-order valence-electron chi connectivity index (χ3n) is 1.69. The van der Waals surface area contributed by atoms with Gasteiger partial charge in [-0.3, -0.25) is 4.72 Å². The third-order valence-corrected chi connectivity index (χ3v) is 2.21. The molecule has 0 heterocycles. The summed E-state index contributed by atoms with van der Waals surface area (Å²) in [6.07, 6.45) is 0. The van der Waals surface area contributed by atoms with Gasteiger partial charge in [0.2, 0.25) is 0 Å². The Balaban J connectivity index is 2.64. The highest BCUT2D eigenvalue weighted by Crippen LogP contribution is 2.10. The van der Waals surface area contributed by atoms with Crippen LogP contribution >= 0.6 is 0 Å². The van der Waals surface area contributed by atoms with Crippen LogP contribution in [0.25, 0.3) is 0 Å². The van der Waals surface area contributed by atoms with E-state index >= 15 is 0 Å². The molecule has 0 bridgehead atoms. The second kappa shape index (κ2) is 5.11. The monoisotopic (exact) mass is 230 g/mol. The number of anilines is 1. The maximum absolute atomic E-state index is 10.7. The maximum Gasteiger partial charge on any atom is 0.296 e. The zero-order chi connectivity index (χ0) is 11.3. The summed E-state index contributed by atoms with van der Waals surface area (Å²) in [5.41, 5.74) is 1.43. The van der Waals surface area contributed by atoms with Crippen molar-refractivity contribution >= 4 is 15.9 Å². The molecule has 0 saturated carbocycles. The first-order valence-corrected chi connectivity index (χ1v) is 6.03. The molecule has 5 nitrogen and oxygen atoms in total. The Morgan fingerprint density at radius 3 is 2.40 bits per heavy atom. The lowest BCUT2D eigenvalue weighted by atomic mass is 10.2. The quantitative estimate of drug-likeness (QED) is 0.786. The smallest absolute Gasteiger partial charge is 0.296 e. The van der Waals surface area contributed by atoms with E-state index in [2.05, 4.69) is 4.72 Å². The van der Waals surface area contributed by atoms with Gasteiger partial charge in [0.1, 0.15) is 0 Å². The number of hydrogen-bond acceptors (Lipinski definition) is 3. The van der Waals surface area contributed by atoms with Gasteiger partial charge >= 0.3 is 0 Å². The van der Waals surface area contributed by atoms with E-state index in [9.17, 15) is 8.42 Å². The molecule has 0 aromatic heterocycles. The summed E-state index contributed by atoms with van der Waals surface area (Å²) in [7, 11) is -3.69. The molecule has 1 rings (SSSR count). The Morgan fingerprint density at radius 2 is 1.93 bits per heavy atom. The number of rotatable bonds is 5. The molecule has 0 aliphatic carbocycles. The molecule has 0 aliphatic heterocycles. The molecule has 0 radical (unpaired) electrons. The predicted molar refractivity (Wildman–Crippen MR) is 58.5 cm³/mol. The van der Waals surface area contributed by atoms with Crippen LogP contribution in [0.5, 0.6) is 0 Å². The maximum atomic E-state index is 10.7. The number of benzene rings is 1. The third kappa shape index (κ3) is 4.78. The number of nitrogens with two attached hydrogens (primary N) is 1. The van der Waals surface area contributed by atoms with Crippen LogP contribution < -0.4 is 9.86 Å². The zero-order valence-corrected chi connectivity index (χ0v) is 9.25. The Bertz CT molecular complexity index is 400. The Kier molecular flexibility index (Phi) is 4.07. The van der Waals surface area contributed by atoms with Crippen LogP contribution in [0.15, 0.2) is 24.3 Å². The van der Waals surface area contributed by atoms with Gasteiger partial charge in [-0.05, 0) is 24.6 Å². The summed E-state index contributed by atoms with van der Waals surface area (Å²) >= 11 is 0. The molecule has 0 atom stereocenters. The van der Waals surface area contributed by atoms with Gasteiger partial charge < -0.3 is 4.74 Å². The van der Waals surface area contributed by atoms with E-state index < -0.39 is 10.2 Å². The zero-order valence-electron chi connectivity index (χ0n) is 8.43. The van der Waals surface area contributed by atoms with Crippen molar-refractivity contribution in [3.05, 3.63) is 29.8 Å². The average Bonchev–Trinajstić information content (AvgIpc) is 2.14. The predicted octanol–water partition coefficient (Wildman–Crippen LogP) is 0.839. The standard InChI is InChI=1S/C9H14N2O3S/c1-2-14-7-8-3-5-9(6-4-8)11-15(10,12)13/h3-6,11H,2,7H2,1H3,(H2,10,12,13). The molecule has 6 heteroatoms. The first kappa shape index (κ1) is 12.0. The molecule has 3 N–H and O–H groups in total. The Hall–Kier alpha value is -1.11. The SMILES string of the molecule is CCOCc1ccc(NS(N)(=O)=O)cc1. The molecule has 0 amide bonds. The van der Waals surface area contributed by atoms with Crippen LogP contribution in [0.1, 0.15) is 12.5 Å². The van der Waals surface area contributed by atoms with Crippen LogP contribution in [0.3, 0.4) is 0 Å². The first-order valence-electron chi connectivity index (χ1n) is 4.48. The highest BCUT2D eigenvalue weighted by molar-refractivity contribution is 7.90. The molecular weight excluding hydrogens is 216 g/mol. The van der Waals surface area contributed by atoms with Gasteiger partial charge in [-0.25, -0.2) is 5.14 Å². The summed E-state index contributed by atoms with van der Waals surface area (Å²) in [5.74, 6) is 0. The summed E-state index contributed by atoms with van der Waals surface area (Å²) in [4.78, 5) is 0. The van der Waals surface area contributed by atoms with Crippen LogP contribution in [0.4, 0.5) is 5.69 Å². The molecule has 1 aromatic carbocycles. The van der Waals surface area contributed by atoms with E-state index in [1.54, 1.807) is 24.3 Å². The van der Waals surface area contributed by atoms with Crippen molar-refractivity contribution in [2.45, 2.75) is 13.5 Å². The van der Waals surface area contributed by atoms with Crippen molar-refractivity contribution in [3.8, 4) is 0 Å². The molecule has 15 heavy (non-hydrogen) atoms. The van der Waals surface area contributed by atoms with E-state index in [0.717, 1.165) is 5.56 Å². The summed E-state index contributed by atoms with van der Waals surface area (Å²) in [6, 6.07) is 6.84. The highest BCUT2D eigenvalue weighted by atomic mass is 32.2.